The number of nitrogens with zero attached hydrogens (tertiary/aromatic N) is 1. The van der Waals surface area contributed by atoms with E-state index < -0.39 is 59.8 Å². The van der Waals surface area contributed by atoms with Crippen LogP contribution in [0.2, 0.25) is 0 Å². The number of carbonyl (C=O) groups is 3. The van der Waals surface area contributed by atoms with Crippen LogP contribution in [0, 0.1) is 5.41 Å². The van der Waals surface area contributed by atoms with Gasteiger partial charge in [-0.25, -0.2) is 4.79 Å². The number of rotatable bonds is 6. The zero-order valence-corrected chi connectivity index (χ0v) is 18.3. The van der Waals surface area contributed by atoms with Gasteiger partial charge in [0.15, 0.2) is 0 Å². The summed E-state index contributed by atoms with van der Waals surface area (Å²) in [4.78, 5) is 37.6. The van der Waals surface area contributed by atoms with Gasteiger partial charge in [0.25, 0.3) is 5.91 Å². The van der Waals surface area contributed by atoms with Crippen molar-refractivity contribution in [3.63, 3.8) is 0 Å². The van der Waals surface area contributed by atoms with Gasteiger partial charge in [0.1, 0.15) is 6.10 Å². The Bertz CT molecular complexity index is 854. The molecule has 1 aromatic carbocycles. The summed E-state index contributed by atoms with van der Waals surface area (Å²) < 4.78 is 44.2. The summed E-state index contributed by atoms with van der Waals surface area (Å²) in [7, 11) is 0. The summed E-state index contributed by atoms with van der Waals surface area (Å²) >= 11 is 0. The Kier molecular flexibility index (Phi) is 7.76. The molecule has 8 nitrogen and oxygen atoms in total. The third kappa shape index (κ3) is 6.12. The van der Waals surface area contributed by atoms with Crippen LogP contribution in [0.25, 0.3) is 0 Å². The van der Waals surface area contributed by atoms with E-state index in [0.717, 1.165) is 12.1 Å². The number of ether oxygens (including phenoxy) is 1. The largest absolute Gasteiger partial charge is 0.465 e. The van der Waals surface area contributed by atoms with Gasteiger partial charge in [0, 0.05) is 18.7 Å². The van der Waals surface area contributed by atoms with Gasteiger partial charge in [0.2, 0.25) is 5.91 Å². The lowest BCUT2D eigenvalue weighted by Crippen LogP contribution is -2.51. The second kappa shape index (κ2) is 9.76. The molecule has 1 saturated heterocycles. The molecular formula is C21H28F3N3O5. The molecule has 0 saturated carbocycles. The summed E-state index contributed by atoms with van der Waals surface area (Å²) in [6, 6.07) is 2.71. The van der Waals surface area contributed by atoms with Crippen molar-refractivity contribution in [2.24, 2.45) is 5.41 Å². The molecule has 0 aromatic heterocycles. The Labute approximate surface area is 184 Å². The van der Waals surface area contributed by atoms with Gasteiger partial charge < -0.3 is 20.5 Å². The molecule has 11 heteroatoms. The third-order valence-corrected chi connectivity index (χ3v) is 5.14. The highest BCUT2D eigenvalue weighted by Gasteiger charge is 2.50. The zero-order chi connectivity index (χ0) is 24.3. The first kappa shape index (κ1) is 25.4. The Morgan fingerprint density at radius 3 is 2.41 bits per heavy atom. The van der Waals surface area contributed by atoms with Gasteiger partial charge in [-0.15, -0.1) is 0 Å². The van der Waals surface area contributed by atoms with Crippen molar-refractivity contribution in [3.05, 3.63) is 35.4 Å². The van der Waals surface area contributed by atoms with Crippen LogP contribution < -0.4 is 10.6 Å². The van der Waals surface area contributed by atoms with Crippen LogP contribution in [0.4, 0.5) is 18.0 Å². The van der Waals surface area contributed by atoms with Crippen molar-refractivity contribution in [2.75, 3.05) is 19.7 Å². The minimum atomic E-state index is -4.59. The van der Waals surface area contributed by atoms with Gasteiger partial charge in [0.05, 0.1) is 24.2 Å². The van der Waals surface area contributed by atoms with Gasteiger partial charge in [-0.05, 0) is 30.5 Å². The Morgan fingerprint density at radius 1 is 1.22 bits per heavy atom. The molecule has 32 heavy (non-hydrogen) atoms. The first-order valence-electron chi connectivity index (χ1n) is 10.1. The van der Waals surface area contributed by atoms with Crippen molar-refractivity contribution in [3.8, 4) is 0 Å². The maximum absolute atomic E-state index is 12.8. The fraction of sp³-hybridized carbons (Fsp3) is 0.571. The second-order valence-corrected chi connectivity index (χ2v) is 8.60. The molecule has 0 bridgehead atoms. The van der Waals surface area contributed by atoms with E-state index in [0.29, 0.717) is 12.7 Å². The van der Waals surface area contributed by atoms with E-state index in [4.69, 9.17) is 4.74 Å². The highest BCUT2D eigenvalue weighted by molar-refractivity contribution is 5.96. The fourth-order valence-electron chi connectivity index (χ4n) is 3.87. The van der Waals surface area contributed by atoms with Crippen molar-refractivity contribution in [1.29, 1.82) is 0 Å². The molecule has 3 N–H and O–H groups in total. The predicted octanol–water partition coefficient (Wildman–Crippen LogP) is 2.73. The molecule has 1 aromatic rings. The number of carboxylic acid groups (broad SMARTS) is 1. The lowest BCUT2D eigenvalue weighted by molar-refractivity contribution is -0.137. The number of alkyl halides is 3. The van der Waals surface area contributed by atoms with Crippen LogP contribution >= 0.6 is 0 Å². The van der Waals surface area contributed by atoms with E-state index in [1.807, 2.05) is 20.8 Å². The summed E-state index contributed by atoms with van der Waals surface area (Å²) in [6.45, 7) is 7.21. The van der Waals surface area contributed by atoms with E-state index >= 15 is 0 Å². The molecule has 1 unspecified atom stereocenters. The van der Waals surface area contributed by atoms with Gasteiger partial charge >= 0.3 is 12.3 Å². The van der Waals surface area contributed by atoms with Crippen molar-refractivity contribution < 1.29 is 37.4 Å². The maximum atomic E-state index is 12.8. The second-order valence-electron chi connectivity index (χ2n) is 8.60. The molecule has 3 atom stereocenters. The van der Waals surface area contributed by atoms with Crippen molar-refractivity contribution >= 4 is 17.9 Å². The number of hydrogen-bond acceptors (Lipinski definition) is 4. The van der Waals surface area contributed by atoms with Gasteiger partial charge in [-0.3, -0.25) is 14.5 Å². The highest BCUT2D eigenvalue weighted by Crippen LogP contribution is 2.35. The van der Waals surface area contributed by atoms with Gasteiger partial charge in [-0.2, -0.15) is 13.2 Å². The number of nitrogens with one attached hydrogen (secondary N) is 2. The van der Waals surface area contributed by atoms with Crippen LogP contribution in [0.15, 0.2) is 24.3 Å². The van der Waals surface area contributed by atoms with Crippen LogP contribution in [0.5, 0.6) is 0 Å². The molecule has 1 aliphatic rings. The first-order chi connectivity index (χ1) is 14.8. The first-order valence-corrected chi connectivity index (χ1v) is 10.1. The normalized spacial score (nSPS) is 21.3. The van der Waals surface area contributed by atoms with Crippen LogP contribution in [0.1, 0.15) is 43.6 Å². The van der Waals surface area contributed by atoms with Crippen LogP contribution in [0.3, 0.4) is 0 Å². The summed E-state index contributed by atoms with van der Waals surface area (Å²) in [5.74, 6) is -1.45. The minimum Gasteiger partial charge on any atom is -0.465 e. The molecule has 0 aliphatic carbocycles. The van der Waals surface area contributed by atoms with Gasteiger partial charge in [-0.1, -0.05) is 26.8 Å². The summed E-state index contributed by atoms with van der Waals surface area (Å²) in [6.07, 6.45) is -6.33. The molecule has 0 radical (unpaired) electrons. The highest BCUT2D eigenvalue weighted by atomic mass is 19.4. The van der Waals surface area contributed by atoms with E-state index in [-0.39, 0.29) is 12.1 Å². The quantitative estimate of drug-likeness (QED) is 0.606. The standard InChI is InChI=1S/C21H28F3N3O5/c1-5-32-16-14(11-27(19(30)31)17(16)20(2,3)4)26-15(28)10-25-18(29)12-7-6-8-13(9-12)21(22,23)24/h6-9,14,16-17H,5,10-11H2,1-4H3,(H,25,29)(H,26,28)(H,30,31)/t14-,16-,17?/m0/s1. The van der Waals surface area contributed by atoms with Crippen molar-refractivity contribution in [1.82, 2.24) is 15.5 Å². The van der Waals surface area contributed by atoms with Crippen molar-refractivity contribution in [2.45, 2.75) is 52.1 Å². The Hall–Kier alpha value is -2.82. The SMILES string of the molecule is CCO[C@@H]1C(C(C)(C)C)N(C(=O)O)C[C@@H]1NC(=O)CNC(=O)c1cccc(C(F)(F)F)c1. The van der Waals surface area contributed by atoms with E-state index in [1.54, 1.807) is 6.92 Å². The summed E-state index contributed by atoms with van der Waals surface area (Å²) in [5, 5.41) is 14.6. The van der Waals surface area contributed by atoms with E-state index in [9.17, 15) is 32.7 Å². The Morgan fingerprint density at radius 2 is 1.88 bits per heavy atom. The Balaban J connectivity index is 2.05. The molecule has 1 aliphatic heterocycles. The van der Waals surface area contributed by atoms with E-state index in [2.05, 4.69) is 10.6 Å². The zero-order valence-electron chi connectivity index (χ0n) is 18.3. The maximum Gasteiger partial charge on any atom is 0.416 e. The number of halogens is 3. The average Bonchev–Trinajstić information content (AvgIpc) is 3.04. The topological polar surface area (TPSA) is 108 Å². The predicted molar refractivity (Wildman–Crippen MR) is 109 cm³/mol. The van der Waals surface area contributed by atoms with E-state index in [1.165, 1.54) is 11.0 Å². The average molecular weight is 459 g/mol. The lowest BCUT2D eigenvalue weighted by atomic mass is 9.83. The number of benzene rings is 1. The minimum absolute atomic E-state index is 0.00918. The summed E-state index contributed by atoms with van der Waals surface area (Å²) in [5.41, 5.74) is -1.66. The molecule has 178 valence electrons. The monoisotopic (exact) mass is 459 g/mol. The molecule has 2 rings (SSSR count). The lowest BCUT2D eigenvalue weighted by Gasteiger charge is -2.37. The van der Waals surface area contributed by atoms with Crippen LogP contribution in [-0.4, -0.2) is 65.8 Å². The number of amides is 3. The molecule has 1 fully saturated rings. The molecule has 0 spiro atoms. The number of carbonyl (C=O) groups excluding carboxylic acids is 2. The molecular weight excluding hydrogens is 431 g/mol. The van der Waals surface area contributed by atoms with Crippen LogP contribution in [-0.2, 0) is 15.7 Å². The fourth-order valence-corrected chi connectivity index (χ4v) is 3.87. The number of likely N-dealkylation sites (tertiary alicyclic amines) is 1. The smallest absolute Gasteiger partial charge is 0.416 e. The third-order valence-electron chi connectivity index (χ3n) is 5.14. The molecule has 1 heterocycles. The molecule has 3 amide bonds. The number of hydrogen-bond donors (Lipinski definition) is 3.